The van der Waals surface area contributed by atoms with Crippen molar-refractivity contribution in [2.75, 3.05) is 7.11 Å². The fourth-order valence-electron chi connectivity index (χ4n) is 2.49. The van der Waals surface area contributed by atoms with Crippen molar-refractivity contribution in [3.05, 3.63) is 59.4 Å². The number of pyridine rings is 1. The summed E-state index contributed by atoms with van der Waals surface area (Å²) in [7, 11) is 1.65. The van der Waals surface area contributed by atoms with E-state index in [4.69, 9.17) is 4.74 Å². The Morgan fingerprint density at radius 2 is 2.15 bits per heavy atom. The lowest BCUT2D eigenvalue weighted by atomic mass is 9.85. The van der Waals surface area contributed by atoms with Crippen LogP contribution in [0.25, 0.3) is 11.6 Å². The topological polar surface area (TPSA) is 39.2 Å². The molecule has 2 aromatic rings. The minimum absolute atomic E-state index is 0.187. The molecule has 20 heavy (non-hydrogen) atoms. The first-order valence-corrected chi connectivity index (χ1v) is 6.60. The number of aryl methyl sites for hydroxylation is 1. The van der Waals surface area contributed by atoms with Crippen molar-refractivity contribution in [2.45, 2.75) is 12.8 Å². The third-order valence-corrected chi connectivity index (χ3v) is 3.52. The Morgan fingerprint density at radius 3 is 2.90 bits per heavy atom. The van der Waals surface area contributed by atoms with Crippen LogP contribution in [0.2, 0.25) is 0 Å². The molecule has 0 saturated carbocycles. The van der Waals surface area contributed by atoms with Crippen LogP contribution in [-0.4, -0.2) is 17.9 Å². The van der Waals surface area contributed by atoms with Crippen LogP contribution in [0.4, 0.5) is 0 Å². The van der Waals surface area contributed by atoms with E-state index in [0.717, 1.165) is 28.9 Å². The molecular weight excluding hydrogens is 250 g/mol. The van der Waals surface area contributed by atoms with Gasteiger partial charge in [-0.15, -0.1) is 0 Å². The molecule has 0 bridgehead atoms. The smallest absolute Gasteiger partial charge is 0.163 e. The highest BCUT2D eigenvalue weighted by Crippen LogP contribution is 2.32. The Labute approximate surface area is 117 Å². The lowest BCUT2D eigenvalue weighted by Crippen LogP contribution is -2.12. The normalized spacial score (nSPS) is 16.1. The summed E-state index contributed by atoms with van der Waals surface area (Å²) in [5.74, 6) is 1.02. The van der Waals surface area contributed by atoms with Crippen LogP contribution >= 0.6 is 0 Å². The number of Topliss-reactive ketones (excluding diaryl/α,β-unsaturated/α-hetero) is 1. The van der Waals surface area contributed by atoms with Gasteiger partial charge in [0.2, 0.25) is 0 Å². The lowest BCUT2D eigenvalue weighted by molar-refractivity contribution is -0.113. The number of allylic oxidation sites excluding steroid dienone is 1. The minimum atomic E-state index is 0.187. The molecule has 0 aliphatic heterocycles. The van der Waals surface area contributed by atoms with E-state index in [0.29, 0.717) is 6.42 Å². The van der Waals surface area contributed by atoms with E-state index in [1.807, 2.05) is 36.4 Å². The van der Waals surface area contributed by atoms with Crippen LogP contribution in [-0.2, 0) is 11.2 Å². The van der Waals surface area contributed by atoms with Crippen LogP contribution in [0.15, 0.2) is 42.7 Å². The quantitative estimate of drug-likeness (QED) is 0.783. The van der Waals surface area contributed by atoms with Crippen molar-refractivity contribution in [2.24, 2.45) is 0 Å². The number of carbonyl (C=O) groups excluding carboxylic acids is 1. The van der Waals surface area contributed by atoms with Gasteiger partial charge in [0, 0.05) is 24.4 Å². The second-order valence-electron chi connectivity index (χ2n) is 4.79. The molecule has 0 spiro atoms. The van der Waals surface area contributed by atoms with Gasteiger partial charge >= 0.3 is 0 Å². The molecular formula is C17H15NO2. The van der Waals surface area contributed by atoms with Gasteiger partial charge in [0.05, 0.1) is 7.11 Å². The molecule has 0 radical (unpaired) electrons. The Morgan fingerprint density at radius 1 is 1.25 bits per heavy atom. The summed E-state index contributed by atoms with van der Waals surface area (Å²) >= 11 is 0. The predicted molar refractivity (Wildman–Crippen MR) is 78.4 cm³/mol. The van der Waals surface area contributed by atoms with E-state index in [-0.39, 0.29) is 5.78 Å². The summed E-state index contributed by atoms with van der Waals surface area (Å²) in [6.07, 6.45) is 6.73. The van der Waals surface area contributed by atoms with E-state index < -0.39 is 0 Å². The molecule has 1 heterocycles. The zero-order valence-electron chi connectivity index (χ0n) is 11.3. The maximum atomic E-state index is 12.2. The maximum absolute atomic E-state index is 12.2. The molecule has 0 fully saturated rings. The summed E-state index contributed by atoms with van der Waals surface area (Å²) < 4.78 is 5.25. The van der Waals surface area contributed by atoms with E-state index in [1.54, 1.807) is 19.5 Å². The van der Waals surface area contributed by atoms with Crippen LogP contribution in [0, 0.1) is 0 Å². The van der Waals surface area contributed by atoms with Gasteiger partial charge in [0.15, 0.2) is 5.78 Å². The molecule has 3 heteroatoms. The van der Waals surface area contributed by atoms with E-state index in [1.165, 1.54) is 5.56 Å². The molecule has 0 atom stereocenters. The molecule has 0 saturated heterocycles. The molecule has 1 aromatic carbocycles. The number of carbonyl (C=O) groups is 1. The second-order valence-corrected chi connectivity index (χ2v) is 4.79. The summed E-state index contributed by atoms with van der Waals surface area (Å²) in [5.41, 5.74) is 3.88. The molecule has 0 N–H and O–H groups in total. The number of ether oxygens (including phenoxy) is 1. The third kappa shape index (κ3) is 2.35. The predicted octanol–water partition coefficient (Wildman–Crippen LogP) is 3.15. The number of aromatic nitrogens is 1. The van der Waals surface area contributed by atoms with Crippen LogP contribution in [0.3, 0.4) is 0 Å². The molecule has 100 valence electrons. The molecule has 0 unspecified atom stereocenters. The molecule has 3 nitrogen and oxygen atoms in total. The molecule has 1 aliphatic rings. The van der Waals surface area contributed by atoms with Gasteiger partial charge in [-0.25, -0.2) is 0 Å². The van der Waals surface area contributed by atoms with Crippen molar-refractivity contribution in [1.82, 2.24) is 4.98 Å². The Bertz CT molecular complexity index is 675. The van der Waals surface area contributed by atoms with Crippen molar-refractivity contribution in [3.63, 3.8) is 0 Å². The first-order chi connectivity index (χ1) is 9.78. The van der Waals surface area contributed by atoms with Crippen molar-refractivity contribution < 1.29 is 9.53 Å². The first kappa shape index (κ1) is 12.6. The van der Waals surface area contributed by atoms with E-state index in [2.05, 4.69) is 4.98 Å². The van der Waals surface area contributed by atoms with Crippen molar-refractivity contribution >= 4 is 17.4 Å². The summed E-state index contributed by atoms with van der Waals surface area (Å²) in [6, 6.07) is 9.69. The second kappa shape index (κ2) is 5.29. The van der Waals surface area contributed by atoms with Gasteiger partial charge in [-0.05, 0) is 47.4 Å². The van der Waals surface area contributed by atoms with Gasteiger partial charge < -0.3 is 4.74 Å². The lowest BCUT2D eigenvalue weighted by Gasteiger charge is -2.19. The fourth-order valence-corrected chi connectivity index (χ4v) is 2.49. The van der Waals surface area contributed by atoms with Gasteiger partial charge in [-0.3, -0.25) is 9.78 Å². The highest BCUT2D eigenvalue weighted by Gasteiger charge is 2.21. The number of rotatable bonds is 2. The zero-order valence-corrected chi connectivity index (χ0v) is 11.3. The maximum Gasteiger partial charge on any atom is 0.163 e. The SMILES string of the molecule is COc1ccc2c(c1)CCC(=O)/C2=C\c1cccnc1. The van der Waals surface area contributed by atoms with E-state index >= 15 is 0 Å². The monoisotopic (exact) mass is 265 g/mol. The highest BCUT2D eigenvalue weighted by molar-refractivity contribution is 6.26. The Hall–Kier alpha value is -2.42. The van der Waals surface area contributed by atoms with Crippen molar-refractivity contribution in [3.8, 4) is 5.75 Å². The standard InChI is InChI=1S/C17H15NO2/c1-20-14-5-6-15-13(10-14)4-7-17(19)16(15)9-12-3-2-8-18-11-12/h2-3,5-6,8-11H,4,7H2,1H3/b16-9-. The zero-order chi connectivity index (χ0) is 13.9. The molecule has 0 amide bonds. The minimum Gasteiger partial charge on any atom is -0.497 e. The number of benzene rings is 1. The third-order valence-electron chi connectivity index (χ3n) is 3.52. The largest absolute Gasteiger partial charge is 0.497 e. The summed E-state index contributed by atoms with van der Waals surface area (Å²) in [5, 5.41) is 0. The summed E-state index contributed by atoms with van der Waals surface area (Å²) in [4.78, 5) is 16.3. The van der Waals surface area contributed by atoms with Crippen molar-refractivity contribution in [1.29, 1.82) is 0 Å². The number of ketones is 1. The highest BCUT2D eigenvalue weighted by atomic mass is 16.5. The molecule has 1 aliphatic carbocycles. The first-order valence-electron chi connectivity index (χ1n) is 6.60. The van der Waals surface area contributed by atoms with Crippen LogP contribution in [0.5, 0.6) is 5.75 Å². The van der Waals surface area contributed by atoms with Gasteiger partial charge in [-0.2, -0.15) is 0 Å². The number of hydrogen-bond donors (Lipinski definition) is 0. The Kier molecular flexibility index (Phi) is 3.33. The van der Waals surface area contributed by atoms with Crippen LogP contribution < -0.4 is 4.74 Å². The van der Waals surface area contributed by atoms with E-state index in [9.17, 15) is 4.79 Å². The average molecular weight is 265 g/mol. The summed E-state index contributed by atoms with van der Waals surface area (Å²) in [6.45, 7) is 0. The number of nitrogens with zero attached hydrogens (tertiary/aromatic N) is 1. The average Bonchev–Trinajstić information content (AvgIpc) is 2.50. The number of methoxy groups -OCH3 is 1. The van der Waals surface area contributed by atoms with Gasteiger partial charge in [0.1, 0.15) is 5.75 Å². The van der Waals surface area contributed by atoms with Gasteiger partial charge in [0.25, 0.3) is 0 Å². The Balaban J connectivity index is 2.08. The van der Waals surface area contributed by atoms with Gasteiger partial charge in [-0.1, -0.05) is 12.1 Å². The molecule has 1 aromatic heterocycles. The fraction of sp³-hybridized carbons (Fsp3) is 0.176. The number of hydrogen-bond acceptors (Lipinski definition) is 3. The number of fused-ring (bicyclic) bond motifs is 1. The molecule has 3 rings (SSSR count). The van der Waals surface area contributed by atoms with Crippen LogP contribution in [0.1, 0.15) is 23.1 Å².